The summed E-state index contributed by atoms with van der Waals surface area (Å²) in [5.74, 6) is 6.51. The second-order valence-electron chi connectivity index (χ2n) is 6.39. The van der Waals surface area contributed by atoms with Crippen molar-refractivity contribution in [1.82, 2.24) is 0 Å². The predicted molar refractivity (Wildman–Crippen MR) is 115 cm³/mol. The van der Waals surface area contributed by atoms with E-state index in [0.29, 0.717) is 17.5 Å². The van der Waals surface area contributed by atoms with Gasteiger partial charge < -0.3 is 9.47 Å². The van der Waals surface area contributed by atoms with E-state index in [4.69, 9.17) is 9.47 Å². The van der Waals surface area contributed by atoms with Crippen LogP contribution < -0.4 is 4.74 Å². The maximum atomic E-state index is 12.8. The van der Waals surface area contributed by atoms with Crippen molar-refractivity contribution in [3.63, 3.8) is 0 Å². The van der Waals surface area contributed by atoms with Crippen molar-refractivity contribution in [3.8, 4) is 17.6 Å². The van der Waals surface area contributed by atoms with Gasteiger partial charge in [0, 0.05) is 17.5 Å². The maximum Gasteiger partial charge on any atom is 0.340 e. The zero-order chi connectivity index (χ0) is 20.5. The van der Waals surface area contributed by atoms with Crippen molar-refractivity contribution in [2.75, 3.05) is 7.11 Å². The van der Waals surface area contributed by atoms with Crippen LogP contribution in [0, 0.1) is 11.8 Å². The lowest BCUT2D eigenvalue weighted by Crippen LogP contribution is -2.19. The first-order chi connectivity index (χ1) is 14.2. The van der Waals surface area contributed by atoms with E-state index in [1.807, 2.05) is 66.7 Å². The average Bonchev–Trinajstić information content (AvgIpc) is 2.78. The summed E-state index contributed by atoms with van der Waals surface area (Å²) in [6.07, 6.45) is 1.82. The summed E-state index contributed by atoms with van der Waals surface area (Å²) in [6.45, 7) is 3.80. The van der Waals surface area contributed by atoms with Gasteiger partial charge in [-0.25, -0.2) is 4.79 Å². The van der Waals surface area contributed by atoms with Crippen LogP contribution >= 0.6 is 0 Å². The molecule has 3 rings (SSSR count). The van der Waals surface area contributed by atoms with E-state index in [1.165, 1.54) is 0 Å². The van der Waals surface area contributed by atoms with Crippen molar-refractivity contribution in [2.24, 2.45) is 0 Å². The molecule has 1 unspecified atom stereocenters. The first-order valence-corrected chi connectivity index (χ1v) is 9.32. The largest absolute Gasteiger partial charge is 0.497 e. The van der Waals surface area contributed by atoms with Crippen molar-refractivity contribution >= 4 is 5.97 Å². The lowest BCUT2D eigenvalue weighted by Gasteiger charge is -2.15. The van der Waals surface area contributed by atoms with E-state index in [0.717, 1.165) is 16.9 Å². The zero-order valence-electron chi connectivity index (χ0n) is 16.3. The Hall–Kier alpha value is -3.77. The lowest BCUT2D eigenvalue weighted by molar-refractivity contribution is 0.0396. The molecule has 0 radical (unpaired) electrons. The Morgan fingerprint density at radius 2 is 1.66 bits per heavy atom. The van der Waals surface area contributed by atoms with E-state index in [1.54, 1.807) is 25.3 Å². The lowest BCUT2D eigenvalue weighted by atomic mass is 10.1. The molecule has 0 fully saturated rings. The molecule has 0 aliphatic heterocycles. The molecule has 3 nitrogen and oxygen atoms in total. The van der Waals surface area contributed by atoms with Crippen LogP contribution in [0.2, 0.25) is 0 Å². The Morgan fingerprint density at radius 3 is 2.34 bits per heavy atom. The average molecular weight is 382 g/mol. The Balaban J connectivity index is 1.76. The highest BCUT2D eigenvalue weighted by atomic mass is 16.5. The summed E-state index contributed by atoms with van der Waals surface area (Å²) in [4.78, 5) is 12.8. The van der Waals surface area contributed by atoms with Gasteiger partial charge in [0.2, 0.25) is 0 Å². The Morgan fingerprint density at radius 1 is 0.966 bits per heavy atom. The molecule has 0 saturated carbocycles. The van der Waals surface area contributed by atoms with Crippen LogP contribution in [0.4, 0.5) is 0 Å². The molecule has 0 N–H and O–H groups in total. The first-order valence-electron chi connectivity index (χ1n) is 9.32. The molecule has 0 heterocycles. The van der Waals surface area contributed by atoms with Crippen LogP contribution in [0.3, 0.4) is 0 Å². The highest BCUT2D eigenvalue weighted by molar-refractivity contribution is 5.92. The third-order valence-corrected chi connectivity index (χ3v) is 4.38. The second kappa shape index (κ2) is 9.96. The van der Waals surface area contributed by atoms with E-state index >= 15 is 0 Å². The van der Waals surface area contributed by atoms with Gasteiger partial charge in [0.05, 0.1) is 12.7 Å². The molecule has 29 heavy (non-hydrogen) atoms. The normalized spacial score (nSPS) is 10.9. The molecule has 0 aromatic heterocycles. The summed E-state index contributed by atoms with van der Waals surface area (Å²) < 4.78 is 10.8. The number of benzene rings is 3. The Kier molecular flexibility index (Phi) is 6.86. The van der Waals surface area contributed by atoms with Crippen LogP contribution in [0.25, 0.3) is 0 Å². The molecular formula is C26H22O3. The molecule has 1 atom stereocenters. The van der Waals surface area contributed by atoms with Gasteiger partial charge in [0.15, 0.2) is 0 Å². The number of ether oxygens (including phenoxy) is 2. The Labute approximate surface area is 171 Å². The van der Waals surface area contributed by atoms with Crippen LogP contribution in [0.5, 0.6) is 5.75 Å². The maximum absolute atomic E-state index is 12.8. The summed E-state index contributed by atoms with van der Waals surface area (Å²) in [5.41, 5.74) is 2.98. The second-order valence-corrected chi connectivity index (χ2v) is 6.39. The van der Waals surface area contributed by atoms with E-state index in [9.17, 15) is 4.79 Å². The van der Waals surface area contributed by atoms with Gasteiger partial charge in [0.25, 0.3) is 0 Å². The predicted octanol–water partition coefficient (Wildman–Crippen LogP) is 5.05. The minimum absolute atomic E-state index is 0.410. The van der Waals surface area contributed by atoms with Crippen molar-refractivity contribution in [2.45, 2.75) is 12.5 Å². The van der Waals surface area contributed by atoms with Gasteiger partial charge in [-0.3, -0.25) is 0 Å². The molecule has 0 aliphatic rings. The van der Waals surface area contributed by atoms with Crippen LogP contribution in [0.1, 0.15) is 27.0 Å². The van der Waals surface area contributed by atoms with Gasteiger partial charge in [-0.2, -0.15) is 0 Å². The molecule has 3 aromatic carbocycles. The number of hydrogen-bond acceptors (Lipinski definition) is 3. The van der Waals surface area contributed by atoms with Gasteiger partial charge in [-0.05, 0) is 42.0 Å². The number of carbonyl (C=O) groups is 1. The first kappa shape index (κ1) is 20.0. The fourth-order valence-corrected chi connectivity index (χ4v) is 2.80. The summed E-state index contributed by atoms with van der Waals surface area (Å²) in [5, 5.41) is 0. The standard InChI is InChI=1S/C26H22O3/c1-3-23(19-21-9-5-4-6-10-21)29-26(27)25-12-8-7-11-22(25)16-13-20-14-17-24(28-2)18-15-20/h3-12,14-15,17-18,23H,1,19H2,2H3. The van der Waals surface area contributed by atoms with Crippen molar-refractivity contribution in [1.29, 1.82) is 0 Å². The smallest absolute Gasteiger partial charge is 0.340 e. The van der Waals surface area contributed by atoms with Gasteiger partial charge >= 0.3 is 5.97 Å². The molecular weight excluding hydrogens is 360 g/mol. The van der Waals surface area contributed by atoms with Gasteiger partial charge in [-0.1, -0.05) is 67.0 Å². The van der Waals surface area contributed by atoms with Gasteiger partial charge in [0.1, 0.15) is 11.9 Å². The molecule has 0 amide bonds. The number of carbonyl (C=O) groups excluding carboxylic acids is 1. The van der Waals surface area contributed by atoms with Crippen LogP contribution in [-0.2, 0) is 11.2 Å². The molecule has 144 valence electrons. The number of rotatable bonds is 6. The molecule has 3 heteroatoms. The van der Waals surface area contributed by atoms with E-state index in [2.05, 4.69) is 18.4 Å². The molecule has 0 bridgehead atoms. The van der Waals surface area contributed by atoms with Crippen LogP contribution in [-0.4, -0.2) is 19.2 Å². The highest BCUT2D eigenvalue weighted by Crippen LogP contribution is 2.15. The minimum atomic E-state index is -0.412. The zero-order valence-corrected chi connectivity index (χ0v) is 16.3. The monoisotopic (exact) mass is 382 g/mol. The van der Waals surface area contributed by atoms with Crippen molar-refractivity contribution in [3.05, 3.63) is 114 Å². The van der Waals surface area contributed by atoms with Crippen LogP contribution in [0.15, 0.2) is 91.5 Å². The fraction of sp³-hybridized carbons (Fsp3) is 0.115. The topological polar surface area (TPSA) is 35.5 Å². The SMILES string of the molecule is C=CC(Cc1ccccc1)OC(=O)c1ccccc1C#Cc1ccc(OC)cc1. The van der Waals surface area contributed by atoms with E-state index < -0.39 is 12.1 Å². The van der Waals surface area contributed by atoms with Gasteiger partial charge in [-0.15, -0.1) is 0 Å². The van der Waals surface area contributed by atoms with E-state index in [-0.39, 0.29) is 0 Å². The third kappa shape index (κ3) is 5.60. The quantitative estimate of drug-likeness (QED) is 0.340. The number of methoxy groups -OCH3 is 1. The highest BCUT2D eigenvalue weighted by Gasteiger charge is 2.16. The summed E-state index contributed by atoms with van der Waals surface area (Å²) in [6, 6.07) is 24.5. The molecule has 0 saturated heterocycles. The fourth-order valence-electron chi connectivity index (χ4n) is 2.80. The number of hydrogen-bond donors (Lipinski definition) is 0. The number of esters is 1. The Bertz CT molecular complexity index is 1020. The molecule has 3 aromatic rings. The van der Waals surface area contributed by atoms with Crippen molar-refractivity contribution < 1.29 is 14.3 Å². The third-order valence-electron chi connectivity index (χ3n) is 4.38. The summed E-state index contributed by atoms with van der Waals surface area (Å²) in [7, 11) is 1.62. The minimum Gasteiger partial charge on any atom is -0.497 e. The summed E-state index contributed by atoms with van der Waals surface area (Å²) >= 11 is 0. The molecule has 0 aliphatic carbocycles. The molecule has 0 spiro atoms.